The maximum Gasteiger partial charge on any atom is 0.246 e. The molecule has 1 aromatic carbocycles. The van der Waals surface area contributed by atoms with Gasteiger partial charge in [-0.3, -0.25) is 9.59 Å². The van der Waals surface area contributed by atoms with E-state index in [9.17, 15) is 18.0 Å². The summed E-state index contributed by atoms with van der Waals surface area (Å²) in [6.07, 6.45) is 1.25. The van der Waals surface area contributed by atoms with Gasteiger partial charge in [-0.25, -0.2) is 8.42 Å². The number of rotatable bonds is 3. The molecule has 4 aliphatic heterocycles. The molecule has 0 saturated carbocycles. The zero-order valence-corrected chi connectivity index (χ0v) is 18.9. The first-order valence-electron chi connectivity index (χ1n) is 10.4. The molecule has 2 atom stereocenters. The van der Waals surface area contributed by atoms with Crippen LogP contribution >= 0.6 is 11.8 Å². The summed E-state index contributed by atoms with van der Waals surface area (Å²) in [4.78, 5) is 28.8. The monoisotopic (exact) mass is 467 g/mol. The van der Waals surface area contributed by atoms with E-state index >= 15 is 0 Å². The predicted octanol–water partition coefficient (Wildman–Crippen LogP) is 0.745. The molecule has 11 heteroatoms. The molecule has 168 valence electrons. The molecule has 4 aliphatic rings. The van der Waals surface area contributed by atoms with Gasteiger partial charge >= 0.3 is 0 Å². The number of fused-ring (bicyclic) bond motifs is 2. The standard InChI is InChI=1S/C20H25N3O6S2/c1-20-5-4-18(24)23(20)15(13-30-20)19(25)21-6-8-22(9-7-21)31(26,27)14-2-3-16-17(12-14)29-11-10-28-16/h2-3,12,15H,4-11,13H2,1H3/t15-,20+/m1/s1. The summed E-state index contributed by atoms with van der Waals surface area (Å²) in [6, 6.07) is 4.18. The van der Waals surface area contributed by atoms with Gasteiger partial charge in [0.05, 0.1) is 9.77 Å². The molecule has 0 spiro atoms. The molecule has 3 fully saturated rings. The normalized spacial score (nSPS) is 28.7. The third-order valence-corrected chi connectivity index (χ3v) is 9.83. The first-order chi connectivity index (χ1) is 14.8. The van der Waals surface area contributed by atoms with Crippen LogP contribution in [0.3, 0.4) is 0 Å². The molecule has 31 heavy (non-hydrogen) atoms. The Kier molecular flexibility index (Phi) is 5.10. The van der Waals surface area contributed by atoms with Gasteiger partial charge < -0.3 is 19.3 Å². The lowest BCUT2D eigenvalue weighted by atomic mass is 10.2. The van der Waals surface area contributed by atoms with E-state index in [0.717, 1.165) is 6.42 Å². The van der Waals surface area contributed by atoms with Crippen LogP contribution in [0.15, 0.2) is 23.1 Å². The van der Waals surface area contributed by atoms with Crippen molar-refractivity contribution in [1.82, 2.24) is 14.1 Å². The van der Waals surface area contributed by atoms with Crippen molar-refractivity contribution in [3.8, 4) is 11.5 Å². The van der Waals surface area contributed by atoms with E-state index < -0.39 is 16.1 Å². The second-order valence-electron chi connectivity index (χ2n) is 8.30. The van der Waals surface area contributed by atoms with Gasteiger partial charge in [-0.05, 0) is 25.5 Å². The highest BCUT2D eigenvalue weighted by Gasteiger charge is 2.53. The number of carbonyl (C=O) groups is 2. The average molecular weight is 468 g/mol. The topological polar surface area (TPSA) is 96.5 Å². The number of nitrogens with zero attached hydrogens (tertiary/aromatic N) is 3. The molecule has 5 rings (SSSR count). The number of piperazine rings is 1. The number of hydrogen-bond donors (Lipinski definition) is 0. The van der Waals surface area contributed by atoms with E-state index in [-0.39, 0.29) is 34.7 Å². The minimum Gasteiger partial charge on any atom is -0.486 e. The van der Waals surface area contributed by atoms with Gasteiger partial charge in [0.25, 0.3) is 0 Å². The Morgan fingerprint density at radius 1 is 1.13 bits per heavy atom. The molecule has 0 aliphatic carbocycles. The van der Waals surface area contributed by atoms with Crippen molar-refractivity contribution in [3.05, 3.63) is 18.2 Å². The summed E-state index contributed by atoms with van der Waals surface area (Å²) >= 11 is 1.66. The van der Waals surface area contributed by atoms with Gasteiger partial charge in [0.1, 0.15) is 19.3 Å². The highest BCUT2D eigenvalue weighted by atomic mass is 32.2. The van der Waals surface area contributed by atoms with E-state index in [1.807, 2.05) is 6.92 Å². The summed E-state index contributed by atoms with van der Waals surface area (Å²) in [6.45, 7) is 3.89. The second-order valence-corrected chi connectivity index (χ2v) is 11.7. The summed E-state index contributed by atoms with van der Waals surface area (Å²) in [5, 5.41) is 0. The van der Waals surface area contributed by atoms with Crippen LogP contribution in [0.4, 0.5) is 0 Å². The van der Waals surface area contributed by atoms with Crippen LogP contribution in [0.1, 0.15) is 19.8 Å². The Morgan fingerprint density at radius 2 is 1.84 bits per heavy atom. The van der Waals surface area contributed by atoms with Crippen LogP contribution in [0.5, 0.6) is 11.5 Å². The number of sulfonamides is 1. The highest BCUT2D eigenvalue weighted by molar-refractivity contribution is 8.01. The summed E-state index contributed by atoms with van der Waals surface area (Å²) in [7, 11) is -3.71. The van der Waals surface area contributed by atoms with Crippen molar-refractivity contribution < 1.29 is 27.5 Å². The van der Waals surface area contributed by atoms with Crippen LogP contribution in [0.2, 0.25) is 0 Å². The Balaban J connectivity index is 1.26. The van der Waals surface area contributed by atoms with E-state index in [0.29, 0.717) is 50.0 Å². The van der Waals surface area contributed by atoms with Crippen LogP contribution in [-0.4, -0.2) is 90.4 Å². The molecular weight excluding hydrogens is 442 g/mol. The predicted molar refractivity (Wildman–Crippen MR) is 114 cm³/mol. The number of hydrogen-bond acceptors (Lipinski definition) is 7. The quantitative estimate of drug-likeness (QED) is 0.647. The lowest BCUT2D eigenvalue weighted by molar-refractivity contribution is -0.144. The fourth-order valence-corrected chi connectivity index (χ4v) is 7.56. The van der Waals surface area contributed by atoms with Crippen molar-refractivity contribution >= 4 is 33.6 Å². The van der Waals surface area contributed by atoms with Crippen molar-refractivity contribution in [2.45, 2.75) is 35.6 Å². The highest BCUT2D eigenvalue weighted by Crippen LogP contribution is 2.47. The molecular formula is C20H25N3O6S2. The average Bonchev–Trinajstić information content (AvgIpc) is 3.28. The number of amides is 2. The van der Waals surface area contributed by atoms with Crippen LogP contribution < -0.4 is 9.47 Å². The zero-order chi connectivity index (χ0) is 21.8. The minimum absolute atomic E-state index is 0.0330. The van der Waals surface area contributed by atoms with E-state index in [4.69, 9.17) is 9.47 Å². The first-order valence-corrected chi connectivity index (χ1v) is 12.9. The zero-order valence-electron chi connectivity index (χ0n) is 17.3. The van der Waals surface area contributed by atoms with Crippen LogP contribution in [0.25, 0.3) is 0 Å². The van der Waals surface area contributed by atoms with Gasteiger partial charge in [0.2, 0.25) is 21.8 Å². The second kappa shape index (κ2) is 7.56. The van der Waals surface area contributed by atoms with Gasteiger partial charge in [0, 0.05) is 44.4 Å². The fourth-order valence-electron chi connectivity index (χ4n) is 4.70. The van der Waals surface area contributed by atoms with E-state index in [1.165, 1.54) is 16.4 Å². The number of benzene rings is 1. The van der Waals surface area contributed by atoms with Crippen molar-refractivity contribution in [1.29, 1.82) is 0 Å². The molecule has 1 aromatic rings. The Bertz CT molecular complexity index is 1020. The Morgan fingerprint density at radius 3 is 2.58 bits per heavy atom. The SMILES string of the molecule is C[C@]12CCC(=O)N1[C@@H](C(=O)N1CCN(S(=O)(=O)c3ccc4c(c3)OCCO4)CC1)CS2. The van der Waals surface area contributed by atoms with Crippen LogP contribution in [0, 0.1) is 0 Å². The molecule has 2 amide bonds. The summed E-state index contributed by atoms with van der Waals surface area (Å²) < 4.78 is 38.6. The molecule has 4 heterocycles. The molecule has 0 bridgehead atoms. The van der Waals surface area contributed by atoms with Crippen LogP contribution in [-0.2, 0) is 19.6 Å². The molecule has 9 nitrogen and oxygen atoms in total. The van der Waals surface area contributed by atoms with Gasteiger partial charge in [-0.1, -0.05) is 0 Å². The van der Waals surface area contributed by atoms with E-state index in [1.54, 1.807) is 27.6 Å². The number of ether oxygens (including phenoxy) is 2. The first kappa shape index (κ1) is 20.9. The van der Waals surface area contributed by atoms with Gasteiger partial charge in [-0.2, -0.15) is 4.31 Å². The van der Waals surface area contributed by atoms with Gasteiger partial charge in [0.15, 0.2) is 11.5 Å². The minimum atomic E-state index is -3.71. The van der Waals surface area contributed by atoms with Gasteiger partial charge in [-0.15, -0.1) is 11.8 Å². The molecule has 0 unspecified atom stereocenters. The Labute approximate surface area is 185 Å². The summed E-state index contributed by atoms with van der Waals surface area (Å²) in [5.74, 6) is 1.52. The third kappa shape index (κ3) is 3.46. The third-order valence-electron chi connectivity index (χ3n) is 6.43. The molecule has 3 saturated heterocycles. The fraction of sp³-hybridized carbons (Fsp3) is 0.600. The lowest BCUT2D eigenvalue weighted by Crippen LogP contribution is -2.56. The molecule has 0 aromatic heterocycles. The largest absolute Gasteiger partial charge is 0.486 e. The van der Waals surface area contributed by atoms with Crippen molar-refractivity contribution in [3.63, 3.8) is 0 Å². The Hall–Kier alpha value is -1.98. The molecule has 0 N–H and O–H groups in total. The van der Waals surface area contributed by atoms with E-state index in [2.05, 4.69) is 0 Å². The number of thioether (sulfide) groups is 1. The maximum atomic E-state index is 13.1. The molecule has 0 radical (unpaired) electrons. The maximum absolute atomic E-state index is 13.1. The summed E-state index contributed by atoms with van der Waals surface area (Å²) in [5.41, 5.74) is 0. The number of carbonyl (C=O) groups excluding carboxylic acids is 2. The van der Waals surface area contributed by atoms with Crippen molar-refractivity contribution in [2.24, 2.45) is 0 Å². The smallest absolute Gasteiger partial charge is 0.246 e. The lowest BCUT2D eigenvalue weighted by Gasteiger charge is -2.37. The van der Waals surface area contributed by atoms with Crippen molar-refractivity contribution in [2.75, 3.05) is 45.1 Å².